The van der Waals surface area contributed by atoms with Gasteiger partial charge in [0.1, 0.15) is 11.2 Å². The molecule has 1 fully saturated rings. The van der Waals surface area contributed by atoms with Crippen LogP contribution in [0.15, 0.2) is 48.8 Å². The Balaban J connectivity index is 1.79. The fourth-order valence-electron chi connectivity index (χ4n) is 4.97. The molecule has 0 bridgehead atoms. The van der Waals surface area contributed by atoms with Crippen LogP contribution in [-0.2, 0) is 17.4 Å². The Morgan fingerprint density at radius 1 is 1.09 bits per heavy atom. The van der Waals surface area contributed by atoms with Gasteiger partial charge in [0.15, 0.2) is 0 Å². The Morgan fingerprint density at radius 3 is 2.36 bits per heavy atom. The van der Waals surface area contributed by atoms with Gasteiger partial charge in [-0.1, -0.05) is 55.1 Å². The molecule has 2 heterocycles. The summed E-state index contributed by atoms with van der Waals surface area (Å²) in [5, 5.41) is 7.71. The third-order valence-corrected chi connectivity index (χ3v) is 7.00. The topological polar surface area (TPSA) is 103 Å². The van der Waals surface area contributed by atoms with Crippen molar-refractivity contribution in [1.82, 2.24) is 20.1 Å². The van der Waals surface area contributed by atoms with Crippen LogP contribution in [0.5, 0.6) is 0 Å². The molecule has 0 saturated heterocycles. The predicted octanol–water partition coefficient (Wildman–Crippen LogP) is 4.13. The van der Waals surface area contributed by atoms with E-state index < -0.39 is 11.4 Å². The number of carbonyl (C=O) groups is 2. The molecule has 172 valence electrons. The van der Waals surface area contributed by atoms with E-state index in [4.69, 9.17) is 17.3 Å². The van der Waals surface area contributed by atoms with Crippen LogP contribution in [0, 0.1) is 12.8 Å². The van der Waals surface area contributed by atoms with Gasteiger partial charge in [0.25, 0.3) is 5.91 Å². The fraction of sp³-hybridized carbons (Fsp3) is 0.360. The summed E-state index contributed by atoms with van der Waals surface area (Å²) in [5.41, 5.74) is 8.31. The molecule has 2 aromatic heterocycles. The molecule has 0 spiro atoms. The highest BCUT2D eigenvalue weighted by Crippen LogP contribution is 2.41. The monoisotopic (exact) mass is 465 g/mol. The molecule has 0 aliphatic heterocycles. The van der Waals surface area contributed by atoms with E-state index >= 15 is 0 Å². The number of hydrogen-bond donors (Lipinski definition) is 2. The molecule has 0 unspecified atom stereocenters. The van der Waals surface area contributed by atoms with E-state index in [1.165, 1.54) is 4.68 Å². The van der Waals surface area contributed by atoms with Gasteiger partial charge in [-0.05, 0) is 48.9 Å². The van der Waals surface area contributed by atoms with Crippen LogP contribution in [0.3, 0.4) is 0 Å². The number of primary amides is 1. The standard InChI is InChI=1S/C25H28ClN5O2/c1-16-22(20(26)12-14-28-16)17-8-10-19(11-9-17)25(24(27)33,18-6-4-3-5-7-18)30-23(32)21-13-15-29-31(21)2/h8-15,18H,3-7H2,1-2H3,(H2,27,33)(H,30,32)/t25-/m0/s1. The summed E-state index contributed by atoms with van der Waals surface area (Å²) >= 11 is 6.43. The first kappa shape index (κ1) is 23.0. The molecule has 1 saturated carbocycles. The lowest BCUT2D eigenvalue weighted by molar-refractivity contribution is -0.127. The molecular formula is C25H28ClN5O2. The zero-order chi connectivity index (χ0) is 23.6. The van der Waals surface area contributed by atoms with Gasteiger partial charge in [0.05, 0.1) is 5.02 Å². The van der Waals surface area contributed by atoms with E-state index in [1.807, 2.05) is 31.2 Å². The van der Waals surface area contributed by atoms with Crippen molar-refractivity contribution >= 4 is 23.4 Å². The summed E-state index contributed by atoms with van der Waals surface area (Å²) in [6, 6.07) is 10.9. The fourth-order valence-corrected chi connectivity index (χ4v) is 5.27. The SMILES string of the molecule is Cc1nccc(Cl)c1-c1ccc([C@](NC(=O)c2ccnn2C)(C(N)=O)C2CCCCC2)cc1. The van der Waals surface area contributed by atoms with Crippen LogP contribution in [0.4, 0.5) is 0 Å². The van der Waals surface area contributed by atoms with Gasteiger partial charge in [0, 0.05) is 30.7 Å². The first-order chi connectivity index (χ1) is 15.8. The second-order valence-corrected chi connectivity index (χ2v) is 9.04. The van der Waals surface area contributed by atoms with Crippen LogP contribution < -0.4 is 11.1 Å². The summed E-state index contributed by atoms with van der Waals surface area (Å²) < 4.78 is 1.48. The van der Waals surface area contributed by atoms with Crippen LogP contribution in [0.25, 0.3) is 11.1 Å². The lowest BCUT2D eigenvalue weighted by atomic mass is 9.70. The van der Waals surface area contributed by atoms with Crippen molar-refractivity contribution in [3.63, 3.8) is 0 Å². The summed E-state index contributed by atoms with van der Waals surface area (Å²) in [7, 11) is 1.69. The highest BCUT2D eigenvalue weighted by molar-refractivity contribution is 6.33. The van der Waals surface area contributed by atoms with E-state index in [-0.39, 0.29) is 11.8 Å². The molecule has 8 heteroatoms. The van der Waals surface area contributed by atoms with E-state index in [0.717, 1.165) is 48.9 Å². The molecule has 4 rings (SSSR count). The highest BCUT2D eigenvalue weighted by atomic mass is 35.5. The summed E-state index contributed by atoms with van der Waals surface area (Å²) in [4.78, 5) is 30.7. The van der Waals surface area contributed by atoms with E-state index in [9.17, 15) is 9.59 Å². The third kappa shape index (κ3) is 4.25. The normalized spacial score (nSPS) is 16.2. The maximum atomic E-state index is 13.2. The minimum absolute atomic E-state index is 0.101. The van der Waals surface area contributed by atoms with Gasteiger partial charge in [0.2, 0.25) is 5.91 Å². The van der Waals surface area contributed by atoms with Crippen molar-refractivity contribution in [2.24, 2.45) is 18.7 Å². The van der Waals surface area contributed by atoms with Crippen molar-refractivity contribution in [3.05, 3.63) is 70.8 Å². The largest absolute Gasteiger partial charge is 0.367 e. The summed E-state index contributed by atoms with van der Waals surface area (Å²) in [5.74, 6) is -1.04. The number of hydrogen-bond acceptors (Lipinski definition) is 4. The summed E-state index contributed by atoms with van der Waals surface area (Å²) in [6.07, 6.45) is 7.93. The predicted molar refractivity (Wildman–Crippen MR) is 128 cm³/mol. The van der Waals surface area contributed by atoms with Crippen molar-refractivity contribution < 1.29 is 9.59 Å². The van der Waals surface area contributed by atoms with Crippen molar-refractivity contribution in [1.29, 1.82) is 0 Å². The molecule has 2 amide bonds. The molecule has 1 aliphatic rings. The van der Waals surface area contributed by atoms with E-state index in [2.05, 4.69) is 15.4 Å². The number of nitrogens with zero attached hydrogens (tertiary/aromatic N) is 3. The third-order valence-electron chi connectivity index (χ3n) is 6.69. The Labute approximate surface area is 198 Å². The number of pyridine rings is 1. The minimum Gasteiger partial charge on any atom is -0.367 e. The quantitative estimate of drug-likeness (QED) is 0.571. The van der Waals surface area contributed by atoms with Gasteiger partial charge in [-0.2, -0.15) is 5.10 Å². The van der Waals surface area contributed by atoms with Gasteiger partial charge >= 0.3 is 0 Å². The number of aryl methyl sites for hydroxylation is 2. The lowest BCUT2D eigenvalue weighted by Crippen LogP contribution is -2.60. The van der Waals surface area contributed by atoms with Gasteiger partial charge in [-0.15, -0.1) is 0 Å². The van der Waals surface area contributed by atoms with Crippen LogP contribution >= 0.6 is 11.6 Å². The molecule has 33 heavy (non-hydrogen) atoms. The van der Waals surface area contributed by atoms with Crippen LogP contribution in [0.2, 0.25) is 5.02 Å². The zero-order valence-corrected chi connectivity index (χ0v) is 19.6. The highest BCUT2D eigenvalue weighted by Gasteiger charge is 2.47. The van der Waals surface area contributed by atoms with E-state index in [1.54, 1.807) is 31.6 Å². The average Bonchev–Trinajstić information content (AvgIpc) is 3.24. The summed E-state index contributed by atoms with van der Waals surface area (Å²) in [6.45, 7) is 1.90. The molecule has 1 aromatic carbocycles. The molecule has 1 atom stereocenters. The van der Waals surface area contributed by atoms with Crippen molar-refractivity contribution in [2.75, 3.05) is 0 Å². The molecule has 7 nitrogen and oxygen atoms in total. The second kappa shape index (κ2) is 9.35. The Kier molecular flexibility index (Phi) is 6.51. The number of halogens is 1. The molecule has 3 N–H and O–H groups in total. The number of amides is 2. The Bertz CT molecular complexity index is 1150. The number of rotatable bonds is 6. The van der Waals surface area contributed by atoms with Crippen molar-refractivity contribution in [2.45, 2.75) is 44.6 Å². The zero-order valence-electron chi connectivity index (χ0n) is 18.8. The molecular weight excluding hydrogens is 438 g/mol. The first-order valence-corrected chi connectivity index (χ1v) is 11.5. The van der Waals surface area contributed by atoms with E-state index in [0.29, 0.717) is 16.3 Å². The molecule has 3 aromatic rings. The maximum Gasteiger partial charge on any atom is 0.270 e. The molecule has 1 aliphatic carbocycles. The number of carbonyl (C=O) groups excluding carboxylic acids is 2. The van der Waals surface area contributed by atoms with Gasteiger partial charge in [-0.3, -0.25) is 19.3 Å². The van der Waals surface area contributed by atoms with Crippen LogP contribution in [0.1, 0.15) is 53.8 Å². The molecule has 0 radical (unpaired) electrons. The lowest BCUT2D eigenvalue weighted by Gasteiger charge is -2.41. The number of aromatic nitrogens is 3. The number of nitrogens with one attached hydrogen (secondary N) is 1. The average molecular weight is 466 g/mol. The Morgan fingerprint density at radius 2 is 1.79 bits per heavy atom. The minimum atomic E-state index is -1.33. The first-order valence-electron chi connectivity index (χ1n) is 11.2. The number of benzene rings is 1. The Hall–Kier alpha value is -3.19. The number of nitrogens with two attached hydrogens (primary N) is 1. The second-order valence-electron chi connectivity index (χ2n) is 8.63. The smallest absolute Gasteiger partial charge is 0.270 e. The van der Waals surface area contributed by atoms with Gasteiger partial charge < -0.3 is 11.1 Å². The van der Waals surface area contributed by atoms with Crippen molar-refractivity contribution in [3.8, 4) is 11.1 Å². The van der Waals surface area contributed by atoms with Crippen LogP contribution in [-0.4, -0.2) is 26.6 Å². The van der Waals surface area contributed by atoms with Gasteiger partial charge in [-0.25, -0.2) is 0 Å². The maximum absolute atomic E-state index is 13.2.